The molecule has 7 heteroatoms. The van der Waals surface area contributed by atoms with E-state index < -0.39 is 17.9 Å². The molecule has 0 spiro atoms. The lowest BCUT2D eigenvalue weighted by molar-refractivity contribution is -0.174. The number of halogens is 2. The van der Waals surface area contributed by atoms with Crippen molar-refractivity contribution in [2.45, 2.75) is 18.9 Å². The number of anilines is 1. The van der Waals surface area contributed by atoms with E-state index in [4.69, 9.17) is 11.5 Å². The van der Waals surface area contributed by atoms with Crippen LogP contribution in [0.2, 0.25) is 0 Å². The largest absolute Gasteiger partial charge is 0.462 e. The maximum absolute atomic E-state index is 13.6. The molecule has 1 atom stereocenters. The van der Waals surface area contributed by atoms with E-state index >= 15 is 0 Å². The Kier molecular flexibility index (Phi) is 3.95. The van der Waals surface area contributed by atoms with Crippen molar-refractivity contribution in [1.82, 2.24) is 4.98 Å². The van der Waals surface area contributed by atoms with Gasteiger partial charge in [-0.3, -0.25) is 0 Å². The summed E-state index contributed by atoms with van der Waals surface area (Å²) in [5.74, 6) is -5.65. The number of carbonyl (C=O) groups excluding carboxylic acids is 1. The fourth-order valence-corrected chi connectivity index (χ4v) is 1.24. The van der Waals surface area contributed by atoms with Crippen molar-refractivity contribution in [3.8, 4) is 0 Å². The van der Waals surface area contributed by atoms with Gasteiger partial charge in [-0.15, -0.1) is 0 Å². The maximum Gasteiger partial charge on any atom is 0.379 e. The van der Waals surface area contributed by atoms with Gasteiger partial charge in [0.1, 0.15) is 11.9 Å². The number of nitrogens with two attached hydrogens (primary N) is 2. The Morgan fingerprint density at radius 3 is 2.82 bits per heavy atom. The Morgan fingerprint density at radius 2 is 2.29 bits per heavy atom. The topological polar surface area (TPSA) is 91.2 Å². The summed E-state index contributed by atoms with van der Waals surface area (Å²) in [6, 6.07) is 0.822. The molecule has 0 aliphatic rings. The molecule has 0 unspecified atom stereocenters. The van der Waals surface area contributed by atoms with Crippen LogP contribution in [0.3, 0.4) is 0 Å². The monoisotopic (exact) mass is 245 g/mol. The third kappa shape index (κ3) is 2.68. The smallest absolute Gasteiger partial charge is 0.379 e. The zero-order valence-corrected chi connectivity index (χ0v) is 9.19. The molecule has 0 fully saturated rings. The van der Waals surface area contributed by atoms with Gasteiger partial charge >= 0.3 is 11.9 Å². The molecule has 0 bridgehead atoms. The second kappa shape index (κ2) is 5.05. The Morgan fingerprint density at radius 1 is 1.65 bits per heavy atom. The van der Waals surface area contributed by atoms with Crippen molar-refractivity contribution < 1.29 is 18.3 Å². The van der Waals surface area contributed by atoms with Gasteiger partial charge in [0.25, 0.3) is 0 Å². The number of alkyl halides is 2. The van der Waals surface area contributed by atoms with E-state index in [0.29, 0.717) is 0 Å². The average molecular weight is 245 g/mol. The summed E-state index contributed by atoms with van der Waals surface area (Å²) < 4.78 is 31.4. The van der Waals surface area contributed by atoms with Gasteiger partial charge in [0, 0.05) is 11.8 Å². The SMILES string of the molecule is CCOC(=O)C(F)(F)[C@H](N)c1cccnc1N. The third-order valence-electron chi connectivity index (χ3n) is 2.14. The van der Waals surface area contributed by atoms with E-state index in [9.17, 15) is 13.6 Å². The summed E-state index contributed by atoms with van der Waals surface area (Å²) in [4.78, 5) is 14.7. The maximum atomic E-state index is 13.6. The minimum atomic E-state index is -3.84. The molecule has 1 heterocycles. The molecule has 0 aliphatic heterocycles. The van der Waals surface area contributed by atoms with Crippen molar-refractivity contribution in [2.75, 3.05) is 12.3 Å². The number of nitrogens with zero attached hydrogens (tertiary/aromatic N) is 1. The normalized spacial score (nSPS) is 13.2. The van der Waals surface area contributed by atoms with Gasteiger partial charge < -0.3 is 16.2 Å². The number of carbonyl (C=O) groups is 1. The summed E-state index contributed by atoms with van der Waals surface area (Å²) in [5, 5.41) is 0. The van der Waals surface area contributed by atoms with Gasteiger partial charge in [-0.1, -0.05) is 6.07 Å². The van der Waals surface area contributed by atoms with Crippen LogP contribution in [0.4, 0.5) is 14.6 Å². The number of esters is 1. The Bertz CT molecular complexity index is 412. The van der Waals surface area contributed by atoms with Crippen LogP contribution in [0.15, 0.2) is 18.3 Å². The predicted octanol–water partition coefficient (Wildman–Crippen LogP) is 0.862. The van der Waals surface area contributed by atoms with Crippen LogP contribution < -0.4 is 11.5 Å². The Hall–Kier alpha value is -1.76. The number of rotatable bonds is 4. The lowest BCUT2D eigenvalue weighted by Crippen LogP contribution is -2.42. The van der Waals surface area contributed by atoms with Gasteiger partial charge in [0.15, 0.2) is 0 Å². The average Bonchev–Trinajstić information content (AvgIpc) is 2.29. The fourth-order valence-electron chi connectivity index (χ4n) is 1.24. The second-order valence-corrected chi connectivity index (χ2v) is 3.30. The summed E-state index contributed by atoms with van der Waals surface area (Å²) in [5.41, 5.74) is 10.7. The van der Waals surface area contributed by atoms with Crippen molar-refractivity contribution in [1.29, 1.82) is 0 Å². The van der Waals surface area contributed by atoms with Crippen molar-refractivity contribution in [3.05, 3.63) is 23.9 Å². The van der Waals surface area contributed by atoms with E-state index in [1.807, 2.05) is 0 Å². The van der Waals surface area contributed by atoms with Crippen LogP contribution >= 0.6 is 0 Å². The molecule has 0 aromatic carbocycles. The van der Waals surface area contributed by atoms with Crippen molar-refractivity contribution >= 4 is 11.8 Å². The lowest BCUT2D eigenvalue weighted by Gasteiger charge is -2.22. The molecule has 0 saturated heterocycles. The molecule has 1 aromatic heterocycles. The summed E-state index contributed by atoms with van der Waals surface area (Å²) in [7, 11) is 0. The van der Waals surface area contributed by atoms with Gasteiger partial charge in [-0.25, -0.2) is 9.78 Å². The molecule has 0 saturated carbocycles. The summed E-state index contributed by atoms with van der Waals surface area (Å²) in [6.07, 6.45) is 1.34. The van der Waals surface area contributed by atoms with E-state index in [2.05, 4.69) is 9.72 Å². The number of ether oxygens (including phenoxy) is 1. The molecular formula is C10H13F2N3O2. The second-order valence-electron chi connectivity index (χ2n) is 3.30. The van der Waals surface area contributed by atoms with Gasteiger partial charge in [-0.05, 0) is 13.0 Å². The molecule has 1 aromatic rings. The molecule has 94 valence electrons. The first-order valence-corrected chi connectivity index (χ1v) is 4.92. The highest BCUT2D eigenvalue weighted by Crippen LogP contribution is 2.32. The number of nitrogen functional groups attached to an aromatic ring is 1. The van der Waals surface area contributed by atoms with Crippen LogP contribution in [-0.4, -0.2) is 23.5 Å². The fraction of sp³-hybridized carbons (Fsp3) is 0.400. The quantitative estimate of drug-likeness (QED) is 0.768. The van der Waals surface area contributed by atoms with E-state index in [1.54, 1.807) is 0 Å². The summed E-state index contributed by atoms with van der Waals surface area (Å²) in [6.45, 7) is 1.28. The zero-order valence-electron chi connectivity index (χ0n) is 9.19. The first-order chi connectivity index (χ1) is 7.91. The van der Waals surface area contributed by atoms with E-state index in [1.165, 1.54) is 25.3 Å². The highest BCUT2D eigenvalue weighted by Gasteiger charge is 2.48. The highest BCUT2D eigenvalue weighted by molar-refractivity contribution is 5.79. The molecular weight excluding hydrogens is 232 g/mol. The highest BCUT2D eigenvalue weighted by atomic mass is 19.3. The molecule has 0 aliphatic carbocycles. The van der Waals surface area contributed by atoms with Crippen molar-refractivity contribution in [2.24, 2.45) is 5.73 Å². The number of aromatic nitrogens is 1. The van der Waals surface area contributed by atoms with E-state index in [0.717, 1.165) is 0 Å². The number of pyridine rings is 1. The van der Waals surface area contributed by atoms with Crippen LogP contribution in [0.1, 0.15) is 18.5 Å². The minimum Gasteiger partial charge on any atom is -0.462 e. The van der Waals surface area contributed by atoms with Crippen LogP contribution in [0.5, 0.6) is 0 Å². The van der Waals surface area contributed by atoms with Gasteiger partial charge in [-0.2, -0.15) is 8.78 Å². The molecule has 0 radical (unpaired) electrons. The van der Waals surface area contributed by atoms with Crippen LogP contribution in [0, 0.1) is 0 Å². The first-order valence-electron chi connectivity index (χ1n) is 4.92. The summed E-state index contributed by atoms with van der Waals surface area (Å²) >= 11 is 0. The van der Waals surface area contributed by atoms with Crippen LogP contribution in [0.25, 0.3) is 0 Å². The zero-order chi connectivity index (χ0) is 13.1. The lowest BCUT2D eigenvalue weighted by atomic mass is 10.0. The predicted molar refractivity (Wildman–Crippen MR) is 57.2 cm³/mol. The standard InChI is InChI=1S/C10H13F2N3O2/c1-2-17-9(16)10(11,12)7(13)6-4-3-5-15-8(6)14/h3-5,7H,2,13H2,1H3,(H2,14,15)/t7-/m1/s1. The molecule has 5 nitrogen and oxygen atoms in total. The van der Waals surface area contributed by atoms with Crippen LogP contribution in [-0.2, 0) is 9.53 Å². The van der Waals surface area contributed by atoms with E-state index in [-0.39, 0.29) is 18.0 Å². The number of hydrogen-bond donors (Lipinski definition) is 2. The minimum absolute atomic E-state index is 0.0921. The Balaban J connectivity index is 3.00. The molecule has 1 rings (SSSR count). The van der Waals surface area contributed by atoms with Crippen molar-refractivity contribution in [3.63, 3.8) is 0 Å². The Labute approximate surface area is 96.8 Å². The molecule has 0 amide bonds. The number of hydrogen-bond acceptors (Lipinski definition) is 5. The first kappa shape index (κ1) is 13.3. The third-order valence-corrected chi connectivity index (χ3v) is 2.14. The molecule has 17 heavy (non-hydrogen) atoms. The molecule has 4 N–H and O–H groups in total. The van der Waals surface area contributed by atoms with Gasteiger partial charge in [0.05, 0.1) is 6.61 Å². The van der Waals surface area contributed by atoms with Gasteiger partial charge in [0.2, 0.25) is 0 Å².